The first-order valence-electron chi connectivity index (χ1n) is 5.46. The smallest absolute Gasteiger partial charge is 0.152 e. The van der Waals surface area contributed by atoms with E-state index < -0.39 is 9.84 Å². The third-order valence-corrected chi connectivity index (χ3v) is 4.20. The van der Waals surface area contributed by atoms with E-state index in [1.807, 2.05) is 20.0 Å². The molecule has 1 N–H and O–H groups in total. The highest BCUT2D eigenvalue weighted by Gasteiger charge is 2.13. The topological polar surface area (TPSA) is 64.0 Å². The normalized spacial score (nSPS) is 13.7. The molecule has 0 fully saturated rings. The summed E-state index contributed by atoms with van der Waals surface area (Å²) in [6.45, 7) is 6.33. The van der Waals surface area contributed by atoms with Crippen LogP contribution in [-0.2, 0) is 16.4 Å². The average molecular weight is 245 g/mol. The van der Waals surface area contributed by atoms with Crippen LogP contribution in [0.3, 0.4) is 0 Å². The molecule has 1 heterocycles. The van der Waals surface area contributed by atoms with Crippen LogP contribution in [-0.4, -0.2) is 35.7 Å². The van der Waals surface area contributed by atoms with Crippen molar-refractivity contribution < 1.29 is 8.42 Å². The highest BCUT2D eigenvalue weighted by atomic mass is 32.2. The van der Waals surface area contributed by atoms with Gasteiger partial charge in [0.1, 0.15) is 0 Å². The maximum absolute atomic E-state index is 11.4. The average Bonchev–Trinajstić information content (AvgIpc) is 2.64. The summed E-state index contributed by atoms with van der Waals surface area (Å²) in [5.41, 5.74) is 0.862. The molecule has 16 heavy (non-hydrogen) atoms. The molecule has 0 saturated carbocycles. The van der Waals surface area contributed by atoms with Gasteiger partial charge >= 0.3 is 0 Å². The summed E-state index contributed by atoms with van der Waals surface area (Å²) in [7, 11) is -2.93. The zero-order chi connectivity index (χ0) is 12.2. The molecular formula is C10H19N3O2S. The Labute approximate surface area is 96.8 Å². The summed E-state index contributed by atoms with van der Waals surface area (Å²) in [4.78, 5) is 0. The van der Waals surface area contributed by atoms with E-state index in [2.05, 4.69) is 10.4 Å². The molecule has 1 aromatic heterocycles. The number of hydrogen-bond acceptors (Lipinski definition) is 4. The predicted octanol–water partition coefficient (Wildman–Crippen LogP) is 1.14. The van der Waals surface area contributed by atoms with Crippen molar-refractivity contribution in [1.82, 2.24) is 9.78 Å². The minimum absolute atomic E-state index is 0.0977. The van der Waals surface area contributed by atoms with Gasteiger partial charge in [-0.25, -0.2) is 8.42 Å². The second-order valence-electron chi connectivity index (χ2n) is 3.83. The Hall–Kier alpha value is -1.04. The molecule has 5 nitrogen and oxygen atoms in total. The fourth-order valence-corrected chi connectivity index (χ4v) is 2.52. The van der Waals surface area contributed by atoms with Gasteiger partial charge in [-0.3, -0.25) is 4.68 Å². The number of aryl methyl sites for hydroxylation is 1. The standard InChI is InChI=1S/C10H19N3O2S/c1-4-13-7-10(6-11-13)12-9(3)8-16(14,15)5-2/h6-7,9,12H,4-5,8H2,1-3H3. The van der Waals surface area contributed by atoms with Crippen LogP contribution in [0, 0.1) is 0 Å². The minimum atomic E-state index is -2.93. The van der Waals surface area contributed by atoms with Crippen LogP contribution in [0.15, 0.2) is 12.4 Å². The lowest BCUT2D eigenvalue weighted by molar-refractivity contribution is 0.593. The maximum Gasteiger partial charge on any atom is 0.152 e. The second kappa shape index (κ2) is 5.34. The lowest BCUT2D eigenvalue weighted by atomic mass is 10.4. The van der Waals surface area contributed by atoms with E-state index in [-0.39, 0.29) is 17.5 Å². The summed E-state index contributed by atoms with van der Waals surface area (Å²) in [5, 5.41) is 7.23. The molecule has 0 aromatic carbocycles. The van der Waals surface area contributed by atoms with Gasteiger partial charge in [-0.1, -0.05) is 6.92 Å². The van der Waals surface area contributed by atoms with Crippen LogP contribution in [0.5, 0.6) is 0 Å². The van der Waals surface area contributed by atoms with E-state index >= 15 is 0 Å². The fraction of sp³-hybridized carbons (Fsp3) is 0.700. The SMILES string of the molecule is CCn1cc(NC(C)CS(=O)(=O)CC)cn1. The van der Waals surface area contributed by atoms with Crippen molar-refractivity contribution in [3.05, 3.63) is 12.4 Å². The second-order valence-corrected chi connectivity index (χ2v) is 6.23. The Balaban J connectivity index is 2.54. The number of aromatic nitrogens is 2. The zero-order valence-corrected chi connectivity index (χ0v) is 10.8. The first kappa shape index (κ1) is 13.0. The van der Waals surface area contributed by atoms with E-state index in [0.29, 0.717) is 0 Å². The maximum atomic E-state index is 11.4. The summed E-state index contributed by atoms with van der Waals surface area (Å²) in [6.07, 6.45) is 3.58. The number of nitrogens with one attached hydrogen (secondary N) is 1. The molecule has 0 saturated heterocycles. The van der Waals surface area contributed by atoms with Gasteiger partial charge in [0.15, 0.2) is 9.84 Å². The molecule has 0 aliphatic carbocycles. The molecule has 1 aromatic rings. The quantitative estimate of drug-likeness (QED) is 0.816. The Morgan fingerprint density at radius 3 is 2.69 bits per heavy atom. The van der Waals surface area contributed by atoms with E-state index in [1.54, 1.807) is 17.8 Å². The summed E-state index contributed by atoms with van der Waals surface area (Å²) in [5.74, 6) is 0.341. The molecule has 6 heteroatoms. The van der Waals surface area contributed by atoms with Gasteiger partial charge in [0.2, 0.25) is 0 Å². The van der Waals surface area contributed by atoms with Gasteiger partial charge in [-0.15, -0.1) is 0 Å². The van der Waals surface area contributed by atoms with Crippen molar-refractivity contribution in [2.45, 2.75) is 33.4 Å². The number of anilines is 1. The van der Waals surface area contributed by atoms with Crippen LogP contribution in [0.25, 0.3) is 0 Å². The van der Waals surface area contributed by atoms with Crippen LogP contribution >= 0.6 is 0 Å². The highest BCUT2D eigenvalue weighted by Crippen LogP contribution is 2.08. The highest BCUT2D eigenvalue weighted by molar-refractivity contribution is 7.91. The minimum Gasteiger partial charge on any atom is -0.379 e. The summed E-state index contributed by atoms with van der Waals surface area (Å²) < 4.78 is 24.6. The molecule has 0 aliphatic heterocycles. The van der Waals surface area contributed by atoms with E-state index in [4.69, 9.17) is 0 Å². The molecular weight excluding hydrogens is 226 g/mol. The van der Waals surface area contributed by atoms with Crippen molar-refractivity contribution in [3.63, 3.8) is 0 Å². The number of rotatable bonds is 6. The van der Waals surface area contributed by atoms with E-state index in [1.165, 1.54) is 0 Å². The molecule has 0 spiro atoms. The molecule has 0 bridgehead atoms. The predicted molar refractivity (Wildman–Crippen MR) is 65.3 cm³/mol. The lowest BCUT2D eigenvalue weighted by Gasteiger charge is -2.12. The van der Waals surface area contributed by atoms with Crippen LogP contribution in [0.1, 0.15) is 20.8 Å². The Bertz CT molecular complexity index is 425. The van der Waals surface area contributed by atoms with Crippen molar-refractivity contribution in [3.8, 4) is 0 Å². The molecule has 0 aliphatic rings. The van der Waals surface area contributed by atoms with Crippen LogP contribution in [0.2, 0.25) is 0 Å². The number of hydrogen-bond donors (Lipinski definition) is 1. The van der Waals surface area contributed by atoms with Gasteiger partial charge < -0.3 is 5.32 Å². The van der Waals surface area contributed by atoms with E-state index in [0.717, 1.165) is 12.2 Å². The summed E-state index contributed by atoms with van der Waals surface area (Å²) >= 11 is 0. The molecule has 1 rings (SSSR count). The van der Waals surface area contributed by atoms with Gasteiger partial charge in [0.25, 0.3) is 0 Å². The fourth-order valence-electron chi connectivity index (χ4n) is 1.44. The zero-order valence-electron chi connectivity index (χ0n) is 9.97. The molecule has 92 valence electrons. The largest absolute Gasteiger partial charge is 0.379 e. The van der Waals surface area contributed by atoms with Crippen LogP contribution < -0.4 is 5.32 Å². The number of nitrogens with zero attached hydrogens (tertiary/aromatic N) is 2. The Kier molecular flexibility index (Phi) is 4.35. The molecule has 0 amide bonds. The van der Waals surface area contributed by atoms with Crippen molar-refractivity contribution in [1.29, 1.82) is 0 Å². The number of sulfone groups is 1. The van der Waals surface area contributed by atoms with Crippen molar-refractivity contribution in [2.75, 3.05) is 16.8 Å². The molecule has 1 atom stereocenters. The van der Waals surface area contributed by atoms with Crippen molar-refractivity contribution >= 4 is 15.5 Å². The Morgan fingerprint density at radius 2 is 2.19 bits per heavy atom. The third kappa shape index (κ3) is 3.84. The first-order valence-corrected chi connectivity index (χ1v) is 7.28. The summed E-state index contributed by atoms with van der Waals surface area (Å²) in [6, 6.07) is -0.0977. The molecule has 0 radical (unpaired) electrons. The van der Waals surface area contributed by atoms with Gasteiger partial charge in [0, 0.05) is 24.5 Å². The third-order valence-electron chi connectivity index (χ3n) is 2.31. The van der Waals surface area contributed by atoms with E-state index in [9.17, 15) is 8.42 Å². The van der Waals surface area contributed by atoms with Gasteiger partial charge in [-0.2, -0.15) is 5.10 Å². The van der Waals surface area contributed by atoms with Crippen molar-refractivity contribution in [2.24, 2.45) is 0 Å². The van der Waals surface area contributed by atoms with Gasteiger partial charge in [-0.05, 0) is 13.8 Å². The first-order chi connectivity index (χ1) is 7.46. The Morgan fingerprint density at radius 1 is 1.50 bits per heavy atom. The lowest BCUT2D eigenvalue weighted by Crippen LogP contribution is -2.26. The monoisotopic (exact) mass is 245 g/mol. The van der Waals surface area contributed by atoms with Gasteiger partial charge in [0.05, 0.1) is 17.6 Å². The van der Waals surface area contributed by atoms with Crippen LogP contribution in [0.4, 0.5) is 5.69 Å². The molecule has 1 unspecified atom stereocenters.